The summed E-state index contributed by atoms with van der Waals surface area (Å²) in [6.45, 7) is 6.26. The van der Waals surface area contributed by atoms with Crippen molar-refractivity contribution in [2.24, 2.45) is 5.92 Å². The predicted octanol–water partition coefficient (Wildman–Crippen LogP) is 4.25. The Bertz CT molecular complexity index is 1180. The van der Waals surface area contributed by atoms with Gasteiger partial charge in [0.05, 0.1) is 29.2 Å². The van der Waals surface area contributed by atoms with Gasteiger partial charge >= 0.3 is 5.97 Å². The van der Waals surface area contributed by atoms with Crippen LogP contribution in [0.2, 0.25) is 0 Å². The lowest BCUT2D eigenvalue weighted by molar-refractivity contribution is -0.148. The molecule has 3 aromatic rings. The number of esters is 1. The molecule has 160 valence electrons. The fourth-order valence-electron chi connectivity index (χ4n) is 4.76. The molecule has 2 aromatic carbocycles. The van der Waals surface area contributed by atoms with Crippen LogP contribution in [0.25, 0.3) is 22.2 Å². The number of hydrogen-bond donors (Lipinski definition) is 1. The first-order chi connectivity index (χ1) is 15.1. The highest BCUT2D eigenvalue weighted by Gasteiger charge is 2.35. The van der Waals surface area contributed by atoms with Crippen molar-refractivity contribution in [3.8, 4) is 11.3 Å². The van der Waals surface area contributed by atoms with Gasteiger partial charge in [-0.25, -0.2) is 0 Å². The van der Waals surface area contributed by atoms with E-state index in [0.29, 0.717) is 42.1 Å². The Morgan fingerprint density at radius 2 is 2.10 bits per heavy atom. The van der Waals surface area contributed by atoms with Crippen LogP contribution in [0.1, 0.15) is 42.6 Å². The Hall–Kier alpha value is -3.35. The summed E-state index contributed by atoms with van der Waals surface area (Å²) in [7, 11) is 0. The number of carbonyl (C=O) groups is 2. The SMILES string of the molecule is CCNc1cc(N2CCC[C@H](C(=O)OCC)C2)c2noc3c2c1C(=O)c1ccccc1-3. The number of carbonyl (C=O) groups excluding carboxylic acids is 2. The number of anilines is 2. The molecular formula is C24H25N3O4. The van der Waals surface area contributed by atoms with Crippen LogP contribution in [-0.4, -0.2) is 43.2 Å². The van der Waals surface area contributed by atoms with E-state index in [9.17, 15) is 9.59 Å². The molecule has 7 nitrogen and oxygen atoms in total. The van der Waals surface area contributed by atoms with Gasteiger partial charge in [0.25, 0.3) is 0 Å². The average molecular weight is 419 g/mol. The van der Waals surface area contributed by atoms with Crippen LogP contribution >= 0.6 is 0 Å². The van der Waals surface area contributed by atoms with Gasteiger partial charge < -0.3 is 19.5 Å². The zero-order chi connectivity index (χ0) is 21.5. The third kappa shape index (κ3) is 3.07. The van der Waals surface area contributed by atoms with Crippen molar-refractivity contribution in [3.63, 3.8) is 0 Å². The number of ketones is 1. The molecule has 1 aromatic heterocycles. The van der Waals surface area contributed by atoms with Crippen molar-refractivity contribution in [1.82, 2.24) is 5.16 Å². The van der Waals surface area contributed by atoms with E-state index < -0.39 is 0 Å². The minimum Gasteiger partial charge on any atom is -0.466 e. The van der Waals surface area contributed by atoms with E-state index in [-0.39, 0.29) is 17.7 Å². The van der Waals surface area contributed by atoms with Crippen LogP contribution in [0, 0.1) is 5.92 Å². The summed E-state index contributed by atoms with van der Waals surface area (Å²) < 4.78 is 11.1. The molecule has 7 heteroatoms. The van der Waals surface area contributed by atoms with Gasteiger partial charge in [0.15, 0.2) is 11.5 Å². The standard InChI is InChI=1S/C24H25N3O4/c1-3-25-17-12-18(27-11-7-8-14(13-27)24(29)30-4-2)21-20-19(17)22(28)15-9-5-6-10-16(15)23(20)31-26-21/h5-6,9-10,12,14,25H,3-4,7-8,11,13H2,1-2H3/t14-/m0/s1. The number of nitrogens with one attached hydrogen (secondary N) is 1. The van der Waals surface area contributed by atoms with Gasteiger partial charge in [0, 0.05) is 36.4 Å². The van der Waals surface area contributed by atoms with E-state index in [4.69, 9.17) is 9.26 Å². The molecule has 0 unspecified atom stereocenters. The average Bonchev–Trinajstić information content (AvgIpc) is 3.23. The van der Waals surface area contributed by atoms with Gasteiger partial charge in [-0.15, -0.1) is 0 Å². The fourth-order valence-corrected chi connectivity index (χ4v) is 4.76. The van der Waals surface area contributed by atoms with Crippen LogP contribution in [0.3, 0.4) is 0 Å². The summed E-state index contributed by atoms with van der Waals surface area (Å²) in [4.78, 5) is 27.9. The van der Waals surface area contributed by atoms with Crippen molar-refractivity contribution in [1.29, 1.82) is 0 Å². The van der Waals surface area contributed by atoms with E-state index >= 15 is 0 Å². The second-order valence-corrected chi connectivity index (χ2v) is 8.00. The van der Waals surface area contributed by atoms with Crippen LogP contribution < -0.4 is 10.2 Å². The minimum atomic E-state index is -0.173. The van der Waals surface area contributed by atoms with Gasteiger partial charge in [-0.1, -0.05) is 29.4 Å². The number of hydrogen-bond acceptors (Lipinski definition) is 7. The molecule has 1 atom stereocenters. The van der Waals surface area contributed by atoms with Gasteiger partial charge in [-0.3, -0.25) is 9.59 Å². The molecule has 2 aliphatic rings. The number of rotatable bonds is 5. The first-order valence-corrected chi connectivity index (χ1v) is 10.9. The number of ether oxygens (including phenoxy) is 1. The number of piperidine rings is 1. The maximum absolute atomic E-state index is 13.4. The highest BCUT2D eigenvalue weighted by molar-refractivity contribution is 6.28. The summed E-state index contributed by atoms with van der Waals surface area (Å²) in [6.07, 6.45) is 1.70. The zero-order valence-corrected chi connectivity index (χ0v) is 17.7. The highest BCUT2D eigenvalue weighted by atomic mass is 16.5. The Morgan fingerprint density at radius 1 is 1.29 bits per heavy atom. The molecule has 2 heterocycles. The van der Waals surface area contributed by atoms with Gasteiger partial charge in [0.2, 0.25) is 0 Å². The van der Waals surface area contributed by atoms with Gasteiger partial charge in [-0.2, -0.15) is 0 Å². The third-order valence-electron chi connectivity index (χ3n) is 6.13. The molecule has 5 rings (SSSR count). The topological polar surface area (TPSA) is 84.7 Å². The molecule has 1 aliphatic heterocycles. The summed E-state index contributed by atoms with van der Waals surface area (Å²) >= 11 is 0. The predicted molar refractivity (Wildman–Crippen MR) is 119 cm³/mol. The van der Waals surface area contributed by atoms with Crippen molar-refractivity contribution in [3.05, 3.63) is 41.5 Å². The minimum absolute atomic E-state index is 0.0261. The van der Waals surface area contributed by atoms with Crippen LogP contribution in [0.15, 0.2) is 34.9 Å². The number of aromatic nitrogens is 1. The smallest absolute Gasteiger partial charge is 0.310 e. The Kier molecular flexibility index (Phi) is 4.88. The molecule has 0 radical (unpaired) electrons. The van der Waals surface area contributed by atoms with Gasteiger partial charge in [0.1, 0.15) is 5.52 Å². The summed E-state index contributed by atoms with van der Waals surface area (Å²) in [6, 6.07) is 9.46. The molecule has 1 aliphatic carbocycles. The van der Waals surface area contributed by atoms with Crippen LogP contribution in [0.5, 0.6) is 0 Å². The van der Waals surface area contributed by atoms with E-state index in [1.165, 1.54) is 0 Å². The summed E-state index contributed by atoms with van der Waals surface area (Å²) in [5.74, 6) is 0.271. The molecular weight excluding hydrogens is 394 g/mol. The zero-order valence-electron chi connectivity index (χ0n) is 17.7. The molecule has 0 saturated carbocycles. The lowest BCUT2D eigenvalue weighted by atomic mass is 9.86. The van der Waals surface area contributed by atoms with E-state index in [1.807, 2.05) is 44.2 Å². The summed E-state index contributed by atoms with van der Waals surface area (Å²) in [5.41, 5.74) is 4.32. The largest absolute Gasteiger partial charge is 0.466 e. The first kappa shape index (κ1) is 19.6. The molecule has 1 saturated heterocycles. The number of nitrogens with zero attached hydrogens (tertiary/aromatic N) is 2. The van der Waals surface area contributed by atoms with E-state index in [0.717, 1.165) is 41.7 Å². The lowest BCUT2D eigenvalue weighted by Crippen LogP contribution is -2.39. The lowest BCUT2D eigenvalue weighted by Gasteiger charge is -2.34. The molecule has 1 N–H and O–H groups in total. The molecule has 31 heavy (non-hydrogen) atoms. The molecule has 0 spiro atoms. The van der Waals surface area contributed by atoms with Crippen LogP contribution in [-0.2, 0) is 9.53 Å². The summed E-state index contributed by atoms with van der Waals surface area (Å²) in [5, 5.41) is 8.50. The van der Waals surface area contributed by atoms with Crippen LogP contribution in [0.4, 0.5) is 11.4 Å². The normalized spacial score (nSPS) is 17.5. The van der Waals surface area contributed by atoms with E-state index in [1.54, 1.807) is 0 Å². The Balaban J connectivity index is 1.66. The second kappa shape index (κ2) is 7.72. The van der Waals surface area contributed by atoms with Gasteiger partial charge in [-0.05, 0) is 32.8 Å². The maximum atomic E-state index is 13.4. The maximum Gasteiger partial charge on any atom is 0.310 e. The fraction of sp³-hybridized carbons (Fsp3) is 0.375. The van der Waals surface area contributed by atoms with Crippen molar-refractivity contribution in [2.75, 3.05) is 36.5 Å². The molecule has 1 fully saturated rings. The first-order valence-electron chi connectivity index (χ1n) is 10.9. The van der Waals surface area contributed by atoms with Crippen molar-refractivity contribution < 1.29 is 18.8 Å². The molecule has 0 amide bonds. The number of fused-ring (bicyclic) bond motifs is 2. The monoisotopic (exact) mass is 419 g/mol. The Labute approximate surface area is 180 Å². The quantitative estimate of drug-likeness (QED) is 0.484. The Morgan fingerprint density at radius 3 is 2.87 bits per heavy atom. The van der Waals surface area contributed by atoms with Crippen molar-refractivity contribution >= 4 is 34.0 Å². The van der Waals surface area contributed by atoms with E-state index in [2.05, 4.69) is 15.4 Å². The highest BCUT2D eigenvalue weighted by Crippen LogP contribution is 2.46. The third-order valence-corrected chi connectivity index (χ3v) is 6.13. The number of benzene rings is 2. The van der Waals surface area contributed by atoms with Crippen molar-refractivity contribution in [2.45, 2.75) is 26.7 Å². The second-order valence-electron chi connectivity index (χ2n) is 8.00. The molecule has 0 bridgehead atoms.